The van der Waals surface area contributed by atoms with Crippen molar-refractivity contribution in [2.24, 2.45) is 5.73 Å². The minimum absolute atomic E-state index is 0.330. The largest absolute Gasteiger partial charge is 0.329 e. The molecular weight excluding hydrogens is 246 g/mol. The van der Waals surface area contributed by atoms with Crippen LogP contribution in [0.3, 0.4) is 0 Å². The molecule has 0 aromatic heterocycles. The van der Waals surface area contributed by atoms with Gasteiger partial charge in [0.1, 0.15) is 0 Å². The molecule has 1 aliphatic rings. The van der Waals surface area contributed by atoms with Gasteiger partial charge in [0.2, 0.25) is 0 Å². The second-order valence-corrected chi connectivity index (χ2v) is 6.12. The van der Waals surface area contributed by atoms with E-state index in [0.29, 0.717) is 12.6 Å². The highest BCUT2D eigenvalue weighted by molar-refractivity contribution is 5.31. The number of benzene rings is 1. The first-order valence-electron chi connectivity index (χ1n) is 7.81. The molecule has 112 valence electrons. The first-order valence-corrected chi connectivity index (χ1v) is 7.81. The number of hydrogen-bond acceptors (Lipinski definition) is 3. The molecule has 2 N–H and O–H groups in total. The maximum atomic E-state index is 6.02. The number of aryl methyl sites for hydroxylation is 2. The van der Waals surface area contributed by atoms with Gasteiger partial charge in [0.25, 0.3) is 0 Å². The molecule has 1 fully saturated rings. The van der Waals surface area contributed by atoms with Gasteiger partial charge >= 0.3 is 0 Å². The lowest BCUT2D eigenvalue weighted by atomic mass is 10.00. The Bertz CT molecular complexity index is 424. The van der Waals surface area contributed by atoms with Crippen molar-refractivity contribution in [3.63, 3.8) is 0 Å². The molecule has 1 atom stereocenters. The second-order valence-electron chi connectivity index (χ2n) is 6.12. The number of nitrogens with zero attached hydrogens (tertiary/aromatic N) is 2. The van der Waals surface area contributed by atoms with E-state index in [-0.39, 0.29) is 0 Å². The Morgan fingerprint density at radius 1 is 1.20 bits per heavy atom. The Morgan fingerprint density at radius 3 is 2.50 bits per heavy atom. The second kappa shape index (κ2) is 7.21. The predicted molar refractivity (Wildman–Crippen MR) is 86.0 cm³/mol. The third kappa shape index (κ3) is 3.81. The Kier molecular flexibility index (Phi) is 5.58. The average molecular weight is 275 g/mol. The number of likely N-dealkylation sites (tertiary alicyclic amines) is 1. The van der Waals surface area contributed by atoms with E-state index in [1.165, 1.54) is 42.6 Å². The van der Waals surface area contributed by atoms with E-state index >= 15 is 0 Å². The highest BCUT2D eigenvalue weighted by atomic mass is 15.2. The minimum Gasteiger partial charge on any atom is -0.329 e. The van der Waals surface area contributed by atoms with Crippen LogP contribution < -0.4 is 5.73 Å². The maximum absolute atomic E-state index is 6.02. The molecule has 2 rings (SSSR count). The third-order valence-electron chi connectivity index (χ3n) is 4.64. The van der Waals surface area contributed by atoms with Crippen molar-refractivity contribution < 1.29 is 0 Å². The molecule has 1 aromatic rings. The summed E-state index contributed by atoms with van der Waals surface area (Å²) < 4.78 is 0. The van der Waals surface area contributed by atoms with Crippen LogP contribution in [0.2, 0.25) is 0 Å². The zero-order valence-electron chi connectivity index (χ0n) is 13.2. The minimum atomic E-state index is 0.330. The fourth-order valence-corrected chi connectivity index (χ4v) is 3.00. The predicted octanol–water partition coefficient (Wildman–Crippen LogP) is 2.33. The molecule has 0 amide bonds. The van der Waals surface area contributed by atoms with Crippen molar-refractivity contribution in [1.82, 2.24) is 9.80 Å². The summed E-state index contributed by atoms with van der Waals surface area (Å²) in [6.45, 7) is 9.81. The van der Waals surface area contributed by atoms with Crippen molar-refractivity contribution in [2.75, 3.05) is 39.8 Å². The van der Waals surface area contributed by atoms with E-state index in [4.69, 9.17) is 5.73 Å². The number of nitrogens with two attached hydrogens (primary N) is 1. The summed E-state index contributed by atoms with van der Waals surface area (Å²) in [5.41, 5.74) is 10.1. The van der Waals surface area contributed by atoms with E-state index in [9.17, 15) is 0 Å². The summed E-state index contributed by atoms with van der Waals surface area (Å²) in [6, 6.07) is 7.06. The normalized spacial score (nSPS) is 17.9. The van der Waals surface area contributed by atoms with Crippen molar-refractivity contribution >= 4 is 0 Å². The molecule has 0 spiro atoms. The monoisotopic (exact) mass is 275 g/mol. The van der Waals surface area contributed by atoms with Gasteiger partial charge in [0.05, 0.1) is 0 Å². The lowest BCUT2D eigenvalue weighted by Gasteiger charge is -2.29. The molecule has 1 aromatic carbocycles. The van der Waals surface area contributed by atoms with E-state index in [1.54, 1.807) is 0 Å². The first-order chi connectivity index (χ1) is 9.61. The molecule has 3 heteroatoms. The van der Waals surface area contributed by atoms with Gasteiger partial charge in [-0.2, -0.15) is 0 Å². The zero-order valence-corrected chi connectivity index (χ0v) is 13.2. The third-order valence-corrected chi connectivity index (χ3v) is 4.64. The SMILES string of the molecule is Cc1ccc(C(CN)N(C)CCN2CCCC2)cc1C. The smallest absolute Gasteiger partial charge is 0.0468 e. The van der Waals surface area contributed by atoms with Gasteiger partial charge < -0.3 is 10.6 Å². The topological polar surface area (TPSA) is 32.5 Å². The lowest BCUT2D eigenvalue weighted by Crippen LogP contribution is -2.36. The summed E-state index contributed by atoms with van der Waals surface area (Å²) in [6.07, 6.45) is 2.72. The van der Waals surface area contributed by atoms with Crippen LogP contribution in [0.25, 0.3) is 0 Å². The van der Waals surface area contributed by atoms with Crippen LogP contribution >= 0.6 is 0 Å². The number of rotatable bonds is 6. The standard InChI is InChI=1S/C17H29N3/c1-14-6-7-16(12-15(14)2)17(13-18)19(3)10-11-20-8-4-5-9-20/h6-7,12,17H,4-5,8-11,13,18H2,1-3H3. The van der Waals surface area contributed by atoms with Crippen LogP contribution in [-0.2, 0) is 0 Å². The molecule has 1 heterocycles. The van der Waals surface area contributed by atoms with Gasteiger partial charge in [-0.25, -0.2) is 0 Å². The van der Waals surface area contributed by atoms with Crippen LogP contribution in [0, 0.1) is 13.8 Å². The van der Waals surface area contributed by atoms with Crippen LogP contribution in [0.5, 0.6) is 0 Å². The molecular formula is C17H29N3. The Balaban J connectivity index is 1.96. The van der Waals surface area contributed by atoms with E-state index in [0.717, 1.165) is 13.1 Å². The summed E-state index contributed by atoms with van der Waals surface area (Å²) in [4.78, 5) is 4.97. The lowest BCUT2D eigenvalue weighted by molar-refractivity contribution is 0.209. The van der Waals surface area contributed by atoms with Gasteiger partial charge in [-0.05, 0) is 63.5 Å². The van der Waals surface area contributed by atoms with Gasteiger partial charge in [0, 0.05) is 25.7 Å². The molecule has 1 saturated heterocycles. The van der Waals surface area contributed by atoms with E-state index < -0.39 is 0 Å². The molecule has 1 aliphatic heterocycles. The molecule has 3 nitrogen and oxygen atoms in total. The fraction of sp³-hybridized carbons (Fsp3) is 0.647. The van der Waals surface area contributed by atoms with Crippen LogP contribution in [0.15, 0.2) is 18.2 Å². The van der Waals surface area contributed by atoms with Crippen molar-refractivity contribution in [3.05, 3.63) is 34.9 Å². The highest BCUT2D eigenvalue weighted by Gasteiger charge is 2.18. The molecule has 0 radical (unpaired) electrons. The van der Waals surface area contributed by atoms with Gasteiger partial charge in [-0.3, -0.25) is 4.90 Å². The quantitative estimate of drug-likeness (QED) is 0.865. The summed E-state index contributed by atoms with van der Waals surface area (Å²) in [7, 11) is 2.20. The van der Waals surface area contributed by atoms with Crippen LogP contribution in [0.4, 0.5) is 0 Å². The van der Waals surface area contributed by atoms with Gasteiger partial charge in [-0.1, -0.05) is 18.2 Å². The molecule has 0 saturated carbocycles. The van der Waals surface area contributed by atoms with Crippen LogP contribution in [0.1, 0.15) is 35.6 Å². The maximum Gasteiger partial charge on any atom is 0.0468 e. The van der Waals surface area contributed by atoms with E-state index in [1.807, 2.05) is 0 Å². The average Bonchev–Trinajstić information content (AvgIpc) is 2.94. The molecule has 0 aliphatic carbocycles. The molecule has 0 bridgehead atoms. The molecule has 20 heavy (non-hydrogen) atoms. The summed E-state index contributed by atoms with van der Waals surface area (Å²) in [5, 5.41) is 0. The number of hydrogen-bond donors (Lipinski definition) is 1. The van der Waals surface area contributed by atoms with Crippen molar-refractivity contribution in [1.29, 1.82) is 0 Å². The first kappa shape index (κ1) is 15.5. The van der Waals surface area contributed by atoms with Gasteiger partial charge in [0.15, 0.2) is 0 Å². The molecule has 1 unspecified atom stereocenters. The Hall–Kier alpha value is -0.900. The highest BCUT2D eigenvalue weighted by Crippen LogP contribution is 2.21. The van der Waals surface area contributed by atoms with Crippen LogP contribution in [-0.4, -0.2) is 49.6 Å². The summed E-state index contributed by atoms with van der Waals surface area (Å²) >= 11 is 0. The zero-order chi connectivity index (χ0) is 14.5. The Morgan fingerprint density at radius 2 is 1.90 bits per heavy atom. The van der Waals surface area contributed by atoms with Gasteiger partial charge in [-0.15, -0.1) is 0 Å². The summed E-state index contributed by atoms with van der Waals surface area (Å²) in [5.74, 6) is 0. The number of likely N-dealkylation sites (N-methyl/N-ethyl adjacent to an activating group) is 1. The van der Waals surface area contributed by atoms with Crippen molar-refractivity contribution in [2.45, 2.75) is 32.7 Å². The van der Waals surface area contributed by atoms with E-state index in [2.05, 4.69) is 48.9 Å². The van der Waals surface area contributed by atoms with Crippen molar-refractivity contribution in [3.8, 4) is 0 Å². The Labute approximate surface area is 123 Å². The fourth-order valence-electron chi connectivity index (χ4n) is 3.00.